The molecule has 0 atom stereocenters. The van der Waals surface area contributed by atoms with Crippen LogP contribution in [-0.2, 0) is 13.0 Å². The van der Waals surface area contributed by atoms with Gasteiger partial charge in [0.05, 0.1) is 24.2 Å². The van der Waals surface area contributed by atoms with E-state index in [-0.39, 0.29) is 13.2 Å². The van der Waals surface area contributed by atoms with Crippen LogP contribution in [0, 0.1) is 0 Å². The minimum atomic E-state index is 0.0751. The van der Waals surface area contributed by atoms with Crippen molar-refractivity contribution in [1.82, 2.24) is 9.55 Å². The fourth-order valence-electron chi connectivity index (χ4n) is 2.25. The van der Waals surface area contributed by atoms with Crippen LogP contribution in [0.2, 0.25) is 0 Å². The van der Waals surface area contributed by atoms with Crippen LogP contribution in [0.25, 0.3) is 11.0 Å². The summed E-state index contributed by atoms with van der Waals surface area (Å²) >= 11 is 0. The predicted octanol–water partition coefficient (Wildman–Crippen LogP) is 1.74. The van der Waals surface area contributed by atoms with E-state index < -0.39 is 0 Å². The molecule has 0 unspecified atom stereocenters. The summed E-state index contributed by atoms with van der Waals surface area (Å²) in [5.41, 5.74) is 1.87. The molecular formula is C15H22N2O3. The van der Waals surface area contributed by atoms with Crippen molar-refractivity contribution in [2.45, 2.75) is 32.7 Å². The zero-order chi connectivity index (χ0) is 14.4. The average molecular weight is 278 g/mol. The zero-order valence-corrected chi connectivity index (χ0v) is 11.9. The number of aliphatic hydroxyl groups excluding tert-OH is 2. The highest BCUT2D eigenvalue weighted by Gasteiger charge is 2.11. The van der Waals surface area contributed by atoms with E-state index in [1.807, 2.05) is 22.8 Å². The highest BCUT2D eigenvalue weighted by atomic mass is 16.5. The molecule has 20 heavy (non-hydrogen) atoms. The average Bonchev–Trinajstić information content (AvgIpc) is 2.80. The van der Waals surface area contributed by atoms with Crippen LogP contribution in [0.1, 0.15) is 25.6 Å². The van der Waals surface area contributed by atoms with Gasteiger partial charge in [-0.15, -0.1) is 0 Å². The summed E-state index contributed by atoms with van der Waals surface area (Å²) in [4.78, 5) is 4.60. The number of hydrogen-bond acceptors (Lipinski definition) is 4. The molecule has 0 fully saturated rings. The maximum absolute atomic E-state index is 9.20. The van der Waals surface area contributed by atoms with Gasteiger partial charge >= 0.3 is 0 Å². The molecule has 1 aromatic heterocycles. The molecule has 0 saturated carbocycles. The second-order valence-corrected chi connectivity index (χ2v) is 4.73. The van der Waals surface area contributed by atoms with Crippen molar-refractivity contribution in [3.8, 4) is 5.75 Å². The highest BCUT2D eigenvalue weighted by Crippen LogP contribution is 2.22. The Morgan fingerprint density at radius 1 is 1.25 bits per heavy atom. The first-order chi connectivity index (χ1) is 9.80. The molecule has 110 valence electrons. The van der Waals surface area contributed by atoms with Gasteiger partial charge in [-0.3, -0.25) is 0 Å². The zero-order valence-electron chi connectivity index (χ0n) is 11.9. The Hall–Kier alpha value is -1.59. The molecule has 5 heteroatoms. The van der Waals surface area contributed by atoms with E-state index in [9.17, 15) is 5.11 Å². The van der Waals surface area contributed by atoms with Crippen LogP contribution >= 0.6 is 0 Å². The minimum Gasteiger partial charge on any atom is -0.494 e. The van der Waals surface area contributed by atoms with E-state index in [2.05, 4.69) is 11.9 Å². The van der Waals surface area contributed by atoms with Gasteiger partial charge in [0.1, 0.15) is 11.6 Å². The summed E-state index contributed by atoms with van der Waals surface area (Å²) < 4.78 is 7.62. The second-order valence-electron chi connectivity index (χ2n) is 4.73. The third-order valence-electron chi connectivity index (χ3n) is 3.15. The number of ether oxygens (including phenoxy) is 1. The lowest BCUT2D eigenvalue weighted by Gasteiger charge is -2.07. The van der Waals surface area contributed by atoms with Crippen molar-refractivity contribution < 1.29 is 14.9 Å². The summed E-state index contributed by atoms with van der Waals surface area (Å²) in [6, 6.07) is 5.84. The van der Waals surface area contributed by atoms with E-state index in [0.717, 1.165) is 29.0 Å². The number of nitrogens with zero attached hydrogens (tertiary/aromatic N) is 2. The maximum atomic E-state index is 9.20. The third-order valence-corrected chi connectivity index (χ3v) is 3.15. The van der Waals surface area contributed by atoms with E-state index in [1.165, 1.54) is 0 Å². The molecule has 0 spiro atoms. The van der Waals surface area contributed by atoms with Crippen LogP contribution in [0.3, 0.4) is 0 Å². The van der Waals surface area contributed by atoms with Crippen LogP contribution < -0.4 is 4.74 Å². The Morgan fingerprint density at radius 3 is 2.80 bits per heavy atom. The summed E-state index contributed by atoms with van der Waals surface area (Å²) in [5, 5.41) is 18.2. The first-order valence-corrected chi connectivity index (χ1v) is 7.13. The lowest BCUT2D eigenvalue weighted by Crippen LogP contribution is -2.07. The quantitative estimate of drug-likeness (QED) is 0.772. The fraction of sp³-hybridized carbons (Fsp3) is 0.533. The molecule has 0 amide bonds. The lowest BCUT2D eigenvalue weighted by atomic mass is 10.3. The largest absolute Gasteiger partial charge is 0.494 e. The summed E-state index contributed by atoms with van der Waals surface area (Å²) in [6.07, 6.45) is 2.35. The molecule has 0 aliphatic carbocycles. The molecule has 0 aliphatic heterocycles. The minimum absolute atomic E-state index is 0.0751. The van der Waals surface area contributed by atoms with Gasteiger partial charge in [0.15, 0.2) is 0 Å². The Bertz CT molecular complexity index is 551. The van der Waals surface area contributed by atoms with E-state index in [4.69, 9.17) is 9.84 Å². The number of benzene rings is 1. The molecule has 1 aromatic carbocycles. The smallest absolute Gasteiger partial charge is 0.121 e. The van der Waals surface area contributed by atoms with Gasteiger partial charge in [-0.2, -0.15) is 0 Å². The topological polar surface area (TPSA) is 67.5 Å². The number of fused-ring (bicyclic) bond motifs is 1. The van der Waals surface area contributed by atoms with E-state index in [1.54, 1.807) is 0 Å². The summed E-state index contributed by atoms with van der Waals surface area (Å²) in [5.74, 6) is 1.72. The fourth-order valence-corrected chi connectivity index (χ4v) is 2.25. The molecule has 2 rings (SSSR count). The number of aryl methyl sites for hydroxylation is 1. The van der Waals surface area contributed by atoms with Gasteiger partial charge in [-0.25, -0.2) is 4.98 Å². The molecule has 0 bridgehead atoms. The van der Waals surface area contributed by atoms with Crippen LogP contribution in [0.15, 0.2) is 18.2 Å². The Labute approximate surface area is 118 Å². The molecule has 0 saturated heterocycles. The summed E-state index contributed by atoms with van der Waals surface area (Å²) in [7, 11) is 0. The Kier molecular flexibility index (Phi) is 5.38. The Balaban J connectivity index is 2.33. The molecule has 0 radical (unpaired) electrons. The number of rotatable bonds is 8. The normalized spacial score (nSPS) is 11.2. The molecule has 5 nitrogen and oxygen atoms in total. The van der Waals surface area contributed by atoms with Crippen molar-refractivity contribution in [1.29, 1.82) is 0 Å². The lowest BCUT2D eigenvalue weighted by molar-refractivity contribution is 0.272. The summed E-state index contributed by atoms with van der Waals surface area (Å²) in [6.45, 7) is 3.51. The van der Waals surface area contributed by atoms with Crippen molar-refractivity contribution in [2.24, 2.45) is 0 Å². The number of imidazole rings is 1. The molecule has 0 aliphatic rings. The van der Waals surface area contributed by atoms with Crippen molar-refractivity contribution in [3.63, 3.8) is 0 Å². The van der Waals surface area contributed by atoms with Gasteiger partial charge in [0.2, 0.25) is 0 Å². The maximum Gasteiger partial charge on any atom is 0.121 e. The molecule has 1 heterocycles. The van der Waals surface area contributed by atoms with Crippen LogP contribution in [0.4, 0.5) is 0 Å². The molecule has 2 N–H and O–H groups in total. The van der Waals surface area contributed by atoms with Crippen molar-refractivity contribution >= 4 is 11.0 Å². The standard InChI is InChI=1S/C15H22N2O3/c1-2-10-20-12-5-6-14-13(11-12)16-15(4-3-8-18)17(14)7-9-19/h5-6,11,18-19H,2-4,7-10H2,1H3. The van der Waals surface area contributed by atoms with Crippen LogP contribution in [-0.4, -0.2) is 39.6 Å². The monoisotopic (exact) mass is 278 g/mol. The Morgan fingerprint density at radius 2 is 2.10 bits per heavy atom. The van der Waals surface area contributed by atoms with E-state index in [0.29, 0.717) is 26.0 Å². The SMILES string of the molecule is CCCOc1ccc2c(c1)nc(CCCO)n2CCO. The van der Waals surface area contributed by atoms with Crippen LogP contribution in [0.5, 0.6) is 5.75 Å². The predicted molar refractivity (Wildman–Crippen MR) is 78.0 cm³/mol. The van der Waals surface area contributed by atoms with Gasteiger partial charge < -0.3 is 19.5 Å². The van der Waals surface area contributed by atoms with Gasteiger partial charge in [-0.1, -0.05) is 6.92 Å². The van der Waals surface area contributed by atoms with Gasteiger partial charge in [0, 0.05) is 25.6 Å². The first-order valence-electron chi connectivity index (χ1n) is 7.13. The second kappa shape index (κ2) is 7.26. The third kappa shape index (κ3) is 3.29. The first kappa shape index (κ1) is 14.8. The number of hydrogen-bond donors (Lipinski definition) is 2. The van der Waals surface area contributed by atoms with E-state index >= 15 is 0 Å². The van der Waals surface area contributed by atoms with Crippen molar-refractivity contribution in [2.75, 3.05) is 19.8 Å². The van der Waals surface area contributed by atoms with Crippen molar-refractivity contribution in [3.05, 3.63) is 24.0 Å². The number of aliphatic hydroxyl groups is 2. The number of aromatic nitrogens is 2. The van der Waals surface area contributed by atoms with Gasteiger partial charge in [-0.05, 0) is 25.0 Å². The molecule has 2 aromatic rings. The van der Waals surface area contributed by atoms with Gasteiger partial charge in [0.25, 0.3) is 0 Å². The highest BCUT2D eigenvalue weighted by molar-refractivity contribution is 5.77. The molecular weight excluding hydrogens is 256 g/mol.